The summed E-state index contributed by atoms with van der Waals surface area (Å²) in [6, 6.07) is 5.86. The molecule has 0 unspecified atom stereocenters. The van der Waals surface area contributed by atoms with Crippen molar-refractivity contribution < 1.29 is 18.7 Å². The van der Waals surface area contributed by atoms with Crippen molar-refractivity contribution in [3.05, 3.63) is 47.8 Å². The molecule has 1 aromatic carbocycles. The van der Waals surface area contributed by atoms with Gasteiger partial charge in [-0.15, -0.1) is 0 Å². The van der Waals surface area contributed by atoms with E-state index in [1.54, 1.807) is 19.1 Å². The molecule has 1 N–H and O–H groups in total. The highest BCUT2D eigenvalue weighted by atomic mass is 19.1. The lowest BCUT2D eigenvalue weighted by atomic mass is 10.1. The minimum Gasteiger partial charge on any atom is -0.453 e. The molecule has 0 radical (unpaired) electrons. The lowest BCUT2D eigenvalue weighted by Crippen LogP contribution is -2.35. The van der Waals surface area contributed by atoms with E-state index in [1.165, 1.54) is 12.1 Å². The molecule has 1 aliphatic rings. The summed E-state index contributed by atoms with van der Waals surface area (Å²) in [6.07, 6.45) is 5.49. The van der Waals surface area contributed by atoms with E-state index in [1.807, 2.05) is 6.08 Å². The summed E-state index contributed by atoms with van der Waals surface area (Å²) < 4.78 is 17.9. The van der Waals surface area contributed by atoms with Crippen LogP contribution in [0, 0.1) is 11.7 Å². The number of hydrogen-bond acceptors (Lipinski definition) is 3. The maximum atomic E-state index is 12.8. The highest BCUT2D eigenvalue weighted by Gasteiger charge is 2.20. The van der Waals surface area contributed by atoms with Crippen LogP contribution in [0.15, 0.2) is 36.4 Å². The van der Waals surface area contributed by atoms with Gasteiger partial charge in [-0.25, -0.2) is 4.39 Å². The third-order valence-corrected chi connectivity index (χ3v) is 3.60. The summed E-state index contributed by atoms with van der Waals surface area (Å²) in [7, 11) is 0. The summed E-state index contributed by atoms with van der Waals surface area (Å²) in [5.74, 6) is -0.819. The number of ether oxygens (including phenoxy) is 1. The van der Waals surface area contributed by atoms with Crippen LogP contribution in [0.3, 0.4) is 0 Å². The fraction of sp³-hybridized carbons (Fsp3) is 0.412. The van der Waals surface area contributed by atoms with E-state index in [-0.39, 0.29) is 30.2 Å². The lowest BCUT2D eigenvalue weighted by Gasteiger charge is -2.14. The van der Waals surface area contributed by atoms with Crippen molar-refractivity contribution in [2.45, 2.75) is 38.8 Å². The topological polar surface area (TPSA) is 55.4 Å². The number of halogens is 1. The Morgan fingerprint density at radius 2 is 2.09 bits per heavy atom. The first-order valence-electron chi connectivity index (χ1n) is 7.43. The van der Waals surface area contributed by atoms with Gasteiger partial charge in [0, 0.05) is 6.54 Å². The van der Waals surface area contributed by atoms with E-state index >= 15 is 0 Å². The van der Waals surface area contributed by atoms with Crippen LogP contribution < -0.4 is 5.32 Å². The predicted octanol–water partition coefficient (Wildman–Crippen LogP) is 2.73. The number of benzene rings is 1. The fourth-order valence-corrected chi connectivity index (χ4v) is 2.31. The zero-order valence-electron chi connectivity index (χ0n) is 12.5. The number of esters is 1. The van der Waals surface area contributed by atoms with Gasteiger partial charge in [0.2, 0.25) is 0 Å². The van der Waals surface area contributed by atoms with E-state index in [4.69, 9.17) is 4.74 Å². The minimum atomic E-state index is -0.835. The molecule has 0 spiro atoms. The van der Waals surface area contributed by atoms with Gasteiger partial charge in [0.15, 0.2) is 6.10 Å². The Labute approximate surface area is 129 Å². The van der Waals surface area contributed by atoms with Crippen LogP contribution in [-0.2, 0) is 20.9 Å². The van der Waals surface area contributed by atoms with Crippen LogP contribution in [0.2, 0.25) is 0 Å². The number of carbonyl (C=O) groups is 2. The molecule has 0 fully saturated rings. The third kappa shape index (κ3) is 4.98. The summed E-state index contributed by atoms with van der Waals surface area (Å²) in [4.78, 5) is 23.6. The van der Waals surface area contributed by atoms with Gasteiger partial charge in [-0.2, -0.15) is 0 Å². The number of allylic oxidation sites excluding steroid dienone is 2. The maximum Gasteiger partial charge on any atom is 0.307 e. The van der Waals surface area contributed by atoms with Crippen molar-refractivity contribution in [3.63, 3.8) is 0 Å². The first-order valence-corrected chi connectivity index (χ1v) is 7.43. The smallest absolute Gasteiger partial charge is 0.307 e. The van der Waals surface area contributed by atoms with Gasteiger partial charge >= 0.3 is 5.97 Å². The molecule has 0 heterocycles. The molecule has 1 aromatic rings. The van der Waals surface area contributed by atoms with Crippen molar-refractivity contribution in [3.8, 4) is 0 Å². The highest BCUT2D eigenvalue weighted by molar-refractivity contribution is 5.83. The second kappa shape index (κ2) is 7.73. The maximum absolute atomic E-state index is 12.8. The number of rotatable bonds is 6. The molecule has 0 bridgehead atoms. The quantitative estimate of drug-likeness (QED) is 0.649. The fourth-order valence-electron chi connectivity index (χ4n) is 2.31. The van der Waals surface area contributed by atoms with Crippen LogP contribution in [-0.4, -0.2) is 18.0 Å². The molecule has 22 heavy (non-hydrogen) atoms. The zero-order valence-corrected chi connectivity index (χ0v) is 12.5. The molecule has 0 aromatic heterocycles. The predicted molar refractivity (Wildman–Crippen MR) is 80.3 cm³/mol. The molecule has 2 rings (SSSR count). The monoisotopic (exact) mass is 305 g/mol. The Bertz CT molecular complexity index is 554. The van der Waals surface area contributed by atoms with E-state index in [0.29, 0.717) is 6.42 Å². The Morgan fingerprint density at radius 3 is 2.73 bits per heavy atom. The Kier molecular flexibility index (Phi) is 5.69. The van der Waals surface area contributed by atoms with Crippen molar-refractivity contribution in [1.82, 2.24) is 5.32 Å². The van der Waals surface area contributed by atoms with Gasteiger partial charge in [-0.3, -0.25) is 9.59 Å². The molecular weight excluding hydrogens is 285 g/mol. The molecule has 0 aliphatic heterocycles. The highest BCUT2D eigenvalue weighted by Crippen LogP contribution is 2.20. The van der Waals surface area contributed by atoms with Crippen LogP contribution in [0.1, 0.15) is 31.7 Å². The van der Waals surface area contributed by atoms with Gasteiger partial charge in [0.25, 0.3) is 5.91 Å². The summed E-state index contributed by atoms with van der Waals surface area (Å²) in [6.45, 7) is 1.81. The zero-order chi connectivity index (χ0) is 15.9. The molecule has 118 valence electrons. The van der Waals surface area contributed by atoms with E-state index in [9.17, 15) is 14.0 Å². The van der Waals surface area contributed by atoms with Crippen LogP contribution in [0.4, 0.5) is 4.39 Å². The van der Waals surface area contributed by atoms with Gasteiger partial charge < -0.3 is 10.1 Å². The average Bonchev–Trinajstić information content (AvgIpc) is 2.99. The molecule has 2 atom stereocenters. The molecule has 1 aliphatic carbocycles. The average molecular weight is 305 g/mol. The van der Waals surface area contributed by atoms with Crippen LogP contribution in [0.5, 0.6) is 0 Å². The molecule has 4 nitrogen and oxygen atoms in total. The molecule has 0 saturated heterocycles. The van der Waals surface area contributed by atoms with Crippen molar-refractivity contribution in [2.75, 3.05) is 0 Å². The summed E-state index contributed by atoms with van der Waals surface area (Å²) >= 11 is 0. The molecule has 1 amide bonds. The van der Waals surface area contributed by atoms with Crippen molar-refractivity contribution in [1.29, 1.82) is 0 Å². The second-order valence-corrected chi connectivity index (χ2v) is 5.45. The van der Waals surface area contributed by atoms with Crippen LogP contribution >= 0.6 is 0 Å². The van der Waals surface area contributed by atoms with Crippen LogP contribution in [0.25, 0.3) is 0 Å². The number of nitrogens with one attached hydrogen (secondary N) is 1. The number of carbonyl (C=O) groups excluding carboxylic acids is 2. The van der Waals surface area contributed by atoms with E-state index < -0.39 is 6.10 Å². The first kappa shape index (κ1) is 16.2. The summed E-state index contributed by atoms with van der Waals surface area (Å²) in [5, 5.41) is 2.66. The minimum absolute atomic E-state index is 0.224. The van der Waals surface area contributed by atoms with E-state index in [0.717, 1.165) is 18.4 Å². The standard InChI is InChI=1S/C17H20FNO3/c1-12(22-16(20)10-13-4-2-3-5-13)17(21)19-11-14-6-8-15(18)9-7-14/h2,4,6-9,12-13H,3,5,10-11H2,1H3,(H,19,21)/t12-,13-/m0/s1. The number of amides is 1. The lowest BCUT2D eigenvalue weighted by molar-refractivity contribution is -0.155. The van der Waals surface area contributed by atoms with Crippen molar-refractivity contribution >= 4 is 11.9 Å². The first-order chi connectivity index (χ1) is 10.5. The Hall–Kier alpha value is -2.17. The summed E-state index contributed by atoms with van der Waals surface area (Å²) in [5.41, 5.74) is 0.782. The van der Waals surface area contributed by atoms with Gasteiger partial charge in [-0.1, -0.05) is 24.3 Å². The van der Waals surface area contributed by atoms with Gasteiger partial charge in [0.05, 0.1) is 6.42 Å². The number of hydrogen-bond donors (Lipinski definition) is 1. The van der Waals surface area contributed by atoms with E-state index in [2.05, 4.69) is 11.4 Å². The normalized spacial score (nSPS) is 18.0. The Morgan fingerprint density at radius 1 is 1.36 bits per heavy atom. The van der Waals surface area contributed by atoms with Gasteiger partial charge in [0.1, 0.15) is 5.82 Å². The Balaban J connectivity index is 1.72. The largest absolute Gasteiger partial charge is 0.453 e. The molecular formula is C17H20FNO3. The van der Waals surface area contributed by atoms with Gasteiger partial charge in [-0.05, 0) is 43.4 Å². The van der Waals surface area contributed by atoms with Crippen molar-refractivity contribution in [2.24, 2.45) is 5.92 Å². The molecule has 0 saturated carbocycles. The molecule has 5 heteroatoms. The SMILES string of the molecule is C[C@H](OC(=O)C[C@H]1C=CCC1)C(=O)NCc1ccc(F)cc1. The third-order valence-electron chi connectivity index (χ3n) is 3.60. The second-order valence-electron chi connectivity index (χ2n) is 5.45.